The van der Waals surface area contributed by atoms with Crippen LogP contribution in [0.2, 0.25) is 5.02 Å². The number of anilines is 1. The molecule has 0 fully saturated rings. The Morgan fingerprint density at radius 2 is 1.97 bits per heavy atom. The van der Waals surface area contributed by atoms with E-state index in [0.717, 1.165) is 17.5 Å². The van der Waals surface area contributed by atoms with Crippen molar-refractivity contribution in [1.29, 1.82) is 0 Å². The first-order valence-electron chi connectivity index (χ1n) is 9.23. The zero-order valence-electron chi connectivity index (χ0n) is 15.6. The van der Waals surface area contributed by atoms with E-state index in [9.17, 15) is 9.59 Å². The van der Waals surface area contributed by atoms with E-state index in [1.807, 2.05) is 29.2 Å². The first kappa shape index (κ1) is 19.4. The molecule has 0 aliphatic carbocycles. The number of nitrogens with zero attached hydrogens (tertiary/aromatic N) is 1. The maximum atomic E-state index is 13.5. The Kier molecular flexibility index (Phi) is 5.51. The molecule has 2 amide bonds. The van der Waals surface area contributed by atoms with Crippen LogP contribution in [0, 0.1) is 0 Å². The van der Waals surface area contributed by atoms with Crippen LogP contribution in [-0.2, 0) is 11.2 Å². The molecule has 1 aromatic heterocycles. The summed E-state index contributed by atoms with van der Waals surface area (Å²) in [4.78, 5) is 28.3. The fourth-order valence-electron chi connectivity index (χ4n) is 3.63. The van der Waals surface area contributed by atoms with E-state index in [1.54, 1.807) is 35.6 Å². The largest absolute Gasteiger partial charge is 0.327 e. The molecular weight excluding hydrogens is 404 g/mol. The first-order chi connectivity index (χ1) is 14.1. The molecule has 0 saturated heterocycles. The van der Waals surface area contributed by atoms with Crippen molar-refractivity contribution in [2.24, 2.45) is 0 Å². The van der Waals surface area contributed by atoms with Crippen LogP contribution in [-0.4, -0.2) is 23.3 Å². The van der Waals surface area contributed by atoms with Crippen molar-refractivity contribution in [1.82, 2.24) is 4.90 Å². The monoisotopic (exact) mass is 422 g/mol. The van der Waals surface area contributed by atoms with Crippen molar-refractivity contribution in [3.63, 3.8) is 0 Å². The summed E-state index contributed by atoms with van der Waals surface area (Å²) < 4.78 is 0. The van der Waals surface area contributed by atoms with Gasteiger partial charge in [-0.05, 0) is 65.4 Å². The number of amides is 2. The average molecular weight is 423 g/mol. The second-order valence-electron chi connectivity index (χ2n) is 6.78. The van der Waals surface area contributed by atoms with Gasteiger partial charge in [-0.3, -0.25) is 9.59 Å². The molecule has 4 nitrogen and oxygen atoms in total. The van der Waals surface area contributed by atoms with Gasteiger partial charge in [0.05, 0.1) is 6.04 Å². The van der Waals surface area contributed by atoms with Crippen molar-refractivity contribution >= 4 is 40.4 Å². The molecule has 0 spiro atoms. The molecular formula is C23H19ClN2O2S. The molecule has 1 aliphatic heterocycles. The Morgan fingerprint density at radius 1 is 1.17 bits per heavy atom. The predicted octanol–water partition coefficient (Wildman–Crippen LogP) is 5.31. The summed E-state index contributed by atoms with van der Waals surface area (Å²) in [5, 5.41) is 5.45. The van der Waals surface area contributed by atoms with Gasteiger partial charge in [-0.25, -0.2) is 0 Å². The molecule has 2 aromatic carbocycles. The Morgan fingerprint density at radius 3 is 2.72 bits per heavy atom. The van der Waals surface area contributed by atoms with Gasteiger partial charge in [-0.1, -0.05) is 36.4 Å². The highest BCUT2D eigenvalue weighted by atomic mass is 35.5. The lowest BCUT2D eigenvalue weighted by molar-refractivity contribution is -0.111. The summed E-state index contributed by atoms with van der Waals surface area (Å²) in [6.45, 7) is 4.09. The molecule has 0 radical (unpaired) electrons. The van der Waals surface area contributed by atoms with Gasteiger partial charge in [0.1, 0.15) is 0 Å². The number of nitrogens with one attached hydrogen (secondary N) is 1. The number of rotatable bonds is 4. The van der Waals surface area contributed by atoms with E-state index in [2.05, 4.69) is 23.3 Å². The second-order valence-corrected chi connectivity index (χ2v) is 8.21. The van der Waals surface area contributed by atoms with E-state index in [0.29, 0.717) is 22.8 Å². The smallest absolute Gasteiger partial charge is 0.254 e. The van der Waals surface area contributed by atoms with Crippen LogP contribution >= 0.6 is 22.9 Å². The third-order valence-corrected chi connectivity index (χ3v) is 6.22. The summed E-state index contributed by atoms with van der Waals surface area (Å²) >= 11 is 7.80. The SMILES string of the molecule is C=CC(=O)Nc1cccc(C(=O)N2CCc3sccc3C2c2ccc(Cl)cc2)c1. The Labute approximate surface area is 178 Å². The summed E-state index contributed by atoms with van der Waals surface area (Å²) in [5.41, 5.74) is 3.28. The molecule has 3 aromatic rings. The van der Waals surface area contributed by atoms with Crippen molar-refractivity contribution in [3.8, 4) is 0 Å². The summed E-state index contributed by atoms with van der Waals surface area (Å²) in [6, 6.07) is 16.6. The van der Waals surface area contributed by atoms with E-state index in [4.69, 9.17) is 11.6 Å². The van der Waals surface area contributed by atoms with Gasteiger partial charge in [0.25, 0.3) is 5.91 Å². The normalized spacial score (nSPS) is 15.5. The molecule has 29 heavy (non-hydrogen) atoms. The third kappa shape index (κ3) is 3.97. The fraction of sp³-hybridized carbons (Fsp3) is 0.130. The Hall–Kier alpha value is -2.89. The number of fused-ring (bicyclic) bond motifs is 1. The number of halogens is 1. The van der Waals surface area contributed by atoms with Gasteiger partial charge < -0.3 is 10.2 Å². The Balaban J connectivity index is 1.70. The van der Waals surface area contributed by atoms with Crippen LogP contribution in [0.3, 0.4) is 0 Å². The zero-order chi connectivity index (χ0) is 20.4. The number of benzene rings is 2. The van der Waals surface area contributed by atoms with Gasteiger partial charge in [0, 0.05) is 27.7 Å². The molecule has 1 N–H and O–H groups in total. The Bertz CT molecular complexity index is 1070. The summed E-state index contributed by atoms with van der Waals surface area (Å²) in [5.74, 6) is -0.383. The van der Waals surface area contributed by atoms with Crippen LogP contribution in [0.1, 0.15) is 32.4 Å². The van der Waals surface area contributed by atoms with Crippen LogP contribution in [0.5, 0.6) is 0 Å². The summed E-state index contributed by atoms with van der Waals surface area (Å²) in [6.07, 6.45) is 2.03. The molecule has 1 aliphatic rings. The molecule has 6 heteroatoms. The van der Waals surface area contributed by atoms with E-state index in [-0.39, 0.29) is 17.9 Å². The maximum absolute atomic E-state index is 13.5. The van der Waals surface area contributed by atoms with Crippen molar-refractivity contribution in [3.05, 3.63) is 99.2 Å². The van der Waals surface area contributed by atoms with Gasteiger partial charge in [-0.15, -0.1) is 11.3 Å². The number of carbonyl (C=O) groups excluding carboxylic acids is 2. The predicted molar refractivity (Wildman–Crippen MR) is 118 cm³/mol. The van der Waals surface area contributed by atoms with Crippen molar-refractivity contribution in [2.75, 3.05) is 11.9 Å². The van der Waals surface area contributed by atoms with Crippen LogP contribution in [0.25, 0.3) is 0 Å². The first-order valence-corrected chi connectivity index (χ1v) is 10.5. The van der Waals surface area contributed by atoms with E-state index >= 15 is 0 Å². The standard InChI is InChI=1S/C23H19ClN2O2S/c1-2-21(27)25-18-5-3-4-16(14-18)23(28)26-12-10-20-19(11-13-29-20)22(26)15-6-8-17(24)9-7-15/h2-9,11,13-14,22H,1,10,12H2,(H,25,27). The number of carbonyl (C=O) groups is 2. The van der Waals surface area contributed by atoms with Crippen molar-refractivity contribution < 1.29 is 9.59 Å². The number of hydrogen-bond acceptors (Lipinski definition) is 3. The summed E-state index contributed by atoms with van der Waals surface area (Å²) in [7, 11) is 0. The fourth-order valence-corrected chi connectivity index (χ4v) is 4.66. The lowest BCUT2D eigenvalue weighted by atomic mass is 9.92. The molecule has 2 heterocycles. The highest BCUT2D eigenvalue weighted by Crippen LogP contribution is 2.38. The molecule has 1 unspecified atom stereocenters. The number of thiophene rings is 1. The lowest BCUT2D eigenvalue weighted by Crippen LogP contribution is -2.40. The minimum Gasteiger partial charge on any atom is -0.327 e. The highest BCUT2D eigenvalue weighted by Gasteiger charge is 2.33. The average Bonchev–Trinajstić information content (AvgIpc) is 3.22. The van der Waals surface area contributed by atoms with Gasteiger partial charge in [0.2, 0.25) is 5.91 Å². The van der Waals surface area contributed by atoms with Gasteiger partial charge >= 0.3 is 0 Å². The molecule has 4 rings (SSSR count). The lowest BCUT2D eigenvalue weighted by Gasteiger charge is -2.36. The minimum absolute atomic E-state index is 0.0727. The van der Waals surface area contributed by atoms with Crippen molar-refractivity contribution in [2.45, 2.75) is 12.5 Å². The molecule has 146 valence electrons. The van der Waals surface area contributed by atoms with Crippen LogP contribution in [0.15, 0.2) is 72.6 Å². The van der Waals surface area contributed by atoms with Crippen LogP contribution < -0.4 is 5.32 Å². The molecule has 0 saturated carbocycles. The van der Waals surface area contributed by atoms with Crippen LogP contribution in [0.4, 0.5) is 5.69 Å². The molecule has 0 bridgehead atoms. The maximum Gasteiger partial charge on any atom is 0.254 e. The second kappa shape index (κ2) is 8.23. The third-order valence-electron chi connectivity index (χ3n) is 4.97. The highest BCUT2D eigenvalue weighted by molar-refractivity contribution is 7.10. The quantitative estimate of drug-likeness (QED) is 0.579. The van der Waals surface area contributed by atoms with E-state index in [1.165, 1.54) is 11.0 Å². The zero-order valence-corrected chi connectivity index (χ0v) is 17.2. The minimum atomic E-state index is -0.311. The van der Waals surface area contributed by atoms with Gasteiger partial charge in [-0.2, -0.15) is 0 Å². The van der Waals surface area contributed by atoms with Gasteiger partial charge in [0.15, 0.2) is 0 Å². The topological polar surface area (TPSA) is 49.4 Å². The molecule has 1 atom stereocenters. The van der Waals surface area contributed by atoms with E-state index < -0.39 is 0 Å². The number of hydrogen-bond donors (Lipinski definition) is 1.